The van der Waals surface area contributed by atoms with Gasteiger partial charge in [-0.05, 0) is 0 Å². The summed E-state index contributed by atoms with van der Waals surface area (Å²) in [6, 6.07) is 0. The van der Waals surface area contributed by atoms with Gasteiger partial charge in [0, 0.05) is 20.8 Å². The van der Waals surface area contributed by atoms with Crippen molar-refractivity contribution in [1.29, 1.82) is 0 Å². The lowest BCUT2D eigenvalue weighted by Gasteiger charge is -2.00. The van der Waals surface area contributed by atoms with Crippen LogP contribution in [0.5, 0.6) is 0 Å². The molecule has 0 saturated heterocycles. The average molecular weight is 186 g/mol. The summed E-state index contributed by atoms with van der Waals surface area (Å²) in [7, 11) is 0. The third-order valence-electron chi connectivity index (χ3n) is 1.61. The first-order chi connectivity index (χ1) is 8.64. The van der Waals surface area contributed by atoms with Crippen molar-refractivity contribution in [3.05, 3.63) is 27.1 Å². The van der Waals surface area contributed by atoms with Crippen molar-refractivity contribution in [3.8, 4) is 0 Å². The minimum atomic E-state index is -3.05. The maximum absolute atomic E-state index is 11.9. The fourth-order valence-corrected chi connectivity index (χ4v) is 0.969. The van der Waals surface area contributed by atoms with Crippen molar-refractivity contribution in [3.63, 3.8) is 0 Å². The highest BCUT2D eigenvalue weighted by Gasteiger charge is 2.08. The summed E-state index contributed by atoms with van der Waals surface area (Å²) in [4.78, 5) is 29.5. The molecule has 68 valence electrons. The summed E-state index contributed by atoms with van der Waals surface area (Å²) < 4.78 is 43.6. The van der Waals surface area contributed by atoms with Gasteiger partial charge in [0.1, 0.15) is 6.89 Å². The molecule has 2 aromatic rings. The molecule has 0 spiro atoms. The fourth-order valence-electron chi connectivity index (χ4n) is 0.969. The van der Waals surface area contributed by atoms with Gasteiger partial charge in [0.2, 0.25) is 0 Å². The van der Waals surface area contributed by atoms with E-state index in [0.717, 1.165) is 0 Å². The van der Waals surface area contributed by atoms with Crippen LogP contribution in [0.25, 0.3) is 11.2 Å². The molecule has 0 unspecified atom stereocenters. The zero-order chi connectivity index (χ0) is 14.5. The molecule has 2 heterocycles. The van der Waals surface area contributed by atoms with E-state index in [1.54, 1.807) is 0 Å². The highest BCUT2D eigenvalue weighted by molar-refractivity contribution is 5.68. The lowest BCUT2D eigenvalue weighted by atomic mass is 10.5. The van der Waals surface area contributed by atoms with Crippen molar-refractivity contribution in [2.75, 3.05) is 0 Å². The molecule has 2 rings (SSSR count). The molecule has 0 saturated carbocycles. The van der Waals surface area contributed by atoms with Crippen LogP contribution < -0.4 is 11.2 Å². The van der Waals surface area contributed by atoms with Crippen molar-refractivity contribution in [2.45, 2.75) is 0 Å². The Morgan fingerprint density at radius 1 is 1.62 bits per heavy atom. The molecule has 0 atom stereocenters. The van der Waals surface area contributed by atoms with Crippen LogP contribution in [-0.4, -0.2) is 19.1 Å². The van der Waals surface area contributed by atoms with Gasteiger partial charge in [0.15, 0.2) is 5.65 Å². The minimum Gasteiger partial charge on any atom is -0.339 e. The van der Waals surface area contributed by atoms with Gasteiger partial charge in [-0.25, -0.2) is 9.78 Å². The molecule has 1 N–H and O–H groups in total. The highest BCUT2D eigenvalue weighted by atomic mass is 16.2. The smallest absolute Gasteiger partial charge is 0.332 e. The van der Waals surface area contributed by atoms with Crippen LogP contribution in [-0.2, 0) is 14.0 Å². The van der Waals surface area contributed by atoms with Crippen LogP contribution in [0.2, 0.25) is 0 Å². The maximum atomic E-state index is 11.9. The van der Waals surface area contributed by atoms with E-state index in [4.69, 9.17) is 8.22 Å². The van der Waals surface area contributed by atoms with E-state index >= 15 is 0 Å². The van der Waals surface area contributed by atoms with Crippen LogP contribution >= 0.6 is 0 Å². The lowest BCUT2D eigenvalue weighted by Crippen LogP contribution is -2.36. The minimum absolute atomic E-state index is 0.0387. The number of aromatic nitrogens is 4. The standard InChI is InChI=1S/C7H8N4O2/c1-10-5-4(8-3-9-5)6(12)11(2)7(10)13/h3H,1-2H3,(H,8,9)/i1D2,2D3,3D. The van der Waals surface area contributed by atoms with Crippen LogP contribution in [0.3, 0.4) is 0 Å². The third kappa shape index (κ3) is 0.851. The molecule has 6 nitrogen and oxygen atoms in total. The Morgan fingerprint density at radius 2 is 2.46 bits per heavy atom. The van der Waals surface area contributed by atoms with Gasteiger partial charge >= 0.3 is 5.69 Å². The molecule has 0 aliphatic heterocycles. The molecule has 13 heavy (non-hydrogen) atoms. The summed E-state index contributed by atoms with van der Waals surface area (Å²) in [6.07, 6.45) is -0.468. The number of nitrogens with one attached hydrogen (secondary N) is 1. The van der Waals surface area contributed by atoms with E-state index in [1.165, 1.54) is 0 Å². The number of fused-ring (bicyclic) bond motifs is 1. The first-order valence-corrected chi connectivity index (χ1v) is 3.23. The zero-order valence-electron chi connectivity index (χ0n) is 12.2. The van der Waals surface area contributed by atoms with E-state index < -0.39 is 37.0 Å². The monoisotopic (exact) mass is 186 g/mol. The number of H-pyrrole nitrogens is 1. The van der Waals surface area contributed by atoms with Crippen molar-refractivity contribution < 1.29 is 8.22 Å². The predicted octanol–water partition coefficient (Wildman–Crippen LogP) is -1.04. The highest BCUT2D eigenvalue weighted by Crippen LogP contribution is 1.97. The van der Waals surface area contributed by atoms with E-state index in [9.17, 15) is 9.59 Å². The molecule has 6 heteroatoms. The Kier molecular flexibility index (Phi) is 0.622. The molecule has 0 bridgehead atoms. The second kappa shape index (κ2) is 2.32. The quantitative estimate of drug-likeness (QED) is 0.571. The molecule has 2 aromatic heterocycles. The molecule has 0 aliphatic rings. The summed E-state index contributed by atoms with van der Waals surface area (Å²) in [5, 5.41) is 0. The largest absolute Gasteiger partial charge is 0.339 e. The van der Waals surface area contributed by atoms with Gasteiger partial charge in [-0.2, -0.15) is 0 Å². The molecule has 0 fully saturated rings. The molecule has 0 radical (unpaired) electrons. The summed E-state index contributed by atoms with van der Waals surface area (Å²) in [6.45, 7) is -4.95. The van der Waals surface area contributed by atoms with Crippen LogP contribution in [0.1, 0.15) is 8.22 Å². The van der Waals surface area contributed by atoms with Crippen LogP contribution in [0.15, 0.2) is 15.9 Å². The number of aromatic amines is 1. The Balaban J connectivity index is 3.09. The Morgan fingerprint density at radius 3 is 3.15 bits per heavy atom. The number of hydrogen-bond acceptors (Lipinski definition) is 3. The van der Waals surface area contributed by atoms with Gasteiger partial charge in [0.25, 0.3) is 5.56 Å². The number of rotatable bonds is 0. The van der Waals surface area contributed by atoms with Crippen LogP contribution in [0.4, 0.5) is 0 Å². The maximum Gasteiger partial charge on any atom is 0.332 e. The molecule has 0 aliphatic carbocycles. The molecular weight excluding hydrogens is 172 g/mol. The SMILES string of the molecule is [2H]c1nc2c([nH]1)c(=O)n(C([2H])([2H])[2H])c(=O)n2C([2H])[2H]. The fraction of sp³-hybridized carbons (Fsp3) is 0.286. The number of aryl methyl sites for hydroxylation is 1. The van der Waals surface area contributed by atoms with E-state index in [-0.39, 0.29) is 10.2 Å². The Labute approximate surface area is 80.9 Å². The van der Waals surface area contributed by atoms with Crippen LogP contribution in [0, 0.1) is 0 Å². The van der Waals surface area contributed by atoms with Gasteiger partial charge in [-0.1, -0.05) is 0 Å². The second-order valence-corrected chi connectivity index (χ2v) is 2.34. The Hall–Kier alpha value is -1.85. The van der Waals surface area contributed by atoms with Gasteiger partial charge in [-0.3, -0.25) is 13.9 Å². The normalized spacial score (nSPS) is 18.8. The molecule has 0 aromatic carbocycles. The summed E-state index contributed by atoms with van der Waals surface area (Å²) >= 11 is 0. The topological polar surface area (TPSA) is 72.7 Å². The average Bonchev–Trinajstić information content (AvgIpc) is 2.57. The summed E-state index contributed by atoms with van der Waals surface area (Å²) in [5.74, 6) is 0. The van der Waals surface area contributed by atoms with E-state index in [2.05, 4.69) is 9.97 Å². The molecular formula is C7H8N4O2. The summed E-state index contributed by atoms with van der Waals surface area (Å²) in [5.41, 5.74) is -3.28. The van der Waals surface area contributed by atoms with Gasteiger partial charge in [-0.15, -0.1) is 0 Å². The predicted molar refractivity (Wildman–Crippen MR) is 46.6 cm³/mol. The molecule has 0 amide bonds. The van der Waals surface area contributed by atoms with E-state index in [0.29, 0.717) is 4.57 Å². The second-order valence-electron chi connectivity index (χ2n) is 2.34. The number of imidazole rings is 1. The number of hydrogen-bond donors (Lipinski definition) is 1. The van der Waals surface area contributed by atoms with Crippen molar-refractivity contribution >= 4 is 11.2 Å². The van der Waals surface area contributed by atoms with Gasteiger partial charge in [0.05, 0.1) is 6.30 Å². The van der Waals surface area contributed by atoms with Gasteiger partial charge < -0.3 is 4.98 Å². The third-order valence-corrected chi connectivity index (χ3v) is 1.61. The Bertz CT molecular complexity index is 754. The zero-order valence-corrected chi connectivity index (χ0v) is 6.24. The first-order valence-electron chi connectivity index (χ1n) is 6.39. The number of nitrogens with zero attached hydrogens (tertiary/aromatic N) is 3. The van der Waals surface area contributed by atoms with Crippen molar-refractivity contribution in [2.24, 2.45) is 14.0 Å². The van der Waals surface area contributed by atoms with E-state index in [1.807, 2.05) is 0 Å². The lowest BCUT2D eigenvalue weighted by molar-refractivity contribution is 0.709. The first kappa shape index (κ1) is 3.49. The van der Waals surface area contributed by atoms with Crippen molar-refractivity contribution in [1.82, 2.24) is 19.1 Å².